The number of ketones is 1. The van der Waals surface area contributed by atoms with Crippen LogP contribution in [0.4, 0.5) is 0 Å². The van der Waals surface area contributed by atoms with Crippen LogP contribution in [0.1, 0.15) is 22.6 Å². The summed E-state index contributed by atoms with van der Waals surface area (Å²) in [6.07, 6.45) is 0.965. The second kappa shape index (κ2) is 2.78. The molecule has 0 bridgehead atoms. The van der Waals surface area contributed by atoms with Crippen LogP contribution in [0.5, 0.6) is 0 Å². The third-order valence-electron chi connectivity index (χ3n) is 1.92. The molecule has 0 saturated carbocycles. The van der Waals surface area contributed by atoms with Crippen LogP contribution in [0.2, 0.25) is 0 Å². The number of alkyl halides is 2. The third kappa shape index (κ3) is 1.30. The molecule has 0 spiro atoms. The summed E-state index contributed by atoms with van der Waals surface area (Å²) < 4.78 is 3.54. The number of fused-ring (bicyclic) bond motifs is 1. The fourth-order valence-corrected chi connectivity index (χ4v) is 1.98. The monoisotopic (exact) mass is 310 g/mol. The first kappa shape index (κ1) is 9.14. The summed E-state index contributed by atoms with van der Waals surface area (Å²) in [7, 11) is 0. The molecular formula is C6H4Br2N2O3. The molecule has 1 heterocycles. The van der Waals surface area contributed by atoms with Crippen molar-refractivity contribution in [1.82, 2.24) is 5.16 Å². The predicted molar refractivity (Wildman–Crippen MR) is 48.7 cm³/mol. The van der Waals surface area contributed by atoms with Gasteiger partial charge in [-0.25, -0.2) is 0 Å². The van der Waals surface area contributed by atoms with Crippen LogP contribution < -0.4 is 4.90 Å². The zero-order valence-corrected chi connectivity index (χ0v) is 9.46. The molecule has 1 aliphatic rings. The highest BCUT2D eigenvalue weighted by molar-refractivity contribution is 9.25. The fraction of sp³-hybridized carbons (Fsp3) is 0.500. The molecule has 2 rings (SSSR count). The van der Waals surface area contributed by atoms with Crippen LogP contribution in [-0.4, -0.2) is 14.2 Å². The van der Waals surface area contributed by atoms with Crippen molar-refractivity contribution in [3.8, 4) is 0 Å². The quantitative estimate of drug-likeness (QED) is 0.528. The van der Waals surface area contributed by atoms with E-state index < -0.39 is 3.23 Å². The van der Waals surface area contributed by atoms with Crippen molar-refractivity contribution in [2.45, 2.75) is 16.1 Å². The fourth-order valence-electron chi connectivity index (χ4n) is 1.21. The summed E-state index contributed by atoms with van der Waals surface area (Å²) in [5.74, 6) is -0.271. The highest BCUT2D eigenvalue weighted by atomic mass is 79.9. The van der Waals surface area contributed by atoms with Crippen LogP contribution in [-0.2, 0) is 6.42 Å². The van der Waals surface area contributed by atoms with Gasteiger partial charge in [-0.2, -0.15) is 0 Å². The first-order valence-corrected chi connectivity index (χ1v) is 5.12. The highest BCUT2D eigenvalue weighted by Gasteiger charge is 2.45. The Bertz CT molecular complexity index is 374. The minimum atomic E-state index is -0.795. The van der Waals surface area contributed by atoms with Crippen LogP contribution in [0.3, 0.4) is 0 Å². The first-order valence-electron chi connectivity index (χ1n) is 3.53. The lowest BCUT2D eigenvalue weighted by Crippen LogP contribution is -2.37. The summed E-state index contributed by atoms with van der Waals surface area (Å²) in [5, 5.41) is 14.3. The molecule has 0 aromatic carbocycles. The van der Waals surface area contributed by atoms with E-state index in [0.29, 0.717) is 18.5 Å². The molecule has 5 nitrogen and oxygen atoms in total. The summed E-state index contributed by atoms with van der Waals surface area (Å²) >= 11 is 6.42. The van der Waals surface area contributed by atoms with Crippen molar-refractivity contribution in [3.63, 3.8) is 0 Å². The number of nitrogens with zero attached hydrogens (tertiary/aromatic N) is 2. The minimum Gasteiger partial charge on any atom is -0.359 e. The summed E-state index contributed by atoms with van der Waals surface area (Å²) in [4.78, 5) is 11.9. The molecule has 0 aliphatic heterocycles. The maximum absolute atomic E-state index is 11.6. The normalized spacial score (nSPS) is 20.0. The van der Waals surface area contributed by atoms with Gasteiger partial charge in [-0.15, -0.1) is 0 Å². The summed E-state index contributed by atoms with van der Waals surface area (Å²) in [6.45, 7) is 0. The Morgan fingerprint density at radius 3 is 3.00 bits per heavy atom. The Balaban J connectivity index is 2.53. The number of hydrogen-bond donors (Lipinski definition) is 0. The Labute approximate surface area is 89.9 Å². The Hall–Kier alpha value is -0.430. The number of aromatic nitrogens is 2. The average molecular weight is 312 g/mol. The molecule has 0 N–H and O–H groups in total. The van der Waals surface area contributed by atoms with Gasteiger partial charge in [0.2, 0.25) is 11.5 Å². The number of halogens is 2. The van der Waals surface area contributed by atoms with Gasteiger partial charge in [0.05, 0.1) is 0 Å². The van der Waals surface area contributed by atoms with Crippen molar-refractivity contribution < 1.29 is 14.3 Å². The Morgan fingerprint density at radius 2 is 2.31 bits per heavy atom. The van der Waals surface area contributed by atoms with E-state index in [1.54, 1.807) is 0 Å². The second-order valence-electron chi connectivity index (χ2n) is 2.76. The molecule has 70 valence electrons. The van der Waals surface area contributed by atoms with Crippen molar-refractivity contribution >= 4 is 37.6 Å². The maximum atomic E-state index is 11.6. The molecule has 13 heavy (non-hydrogen) atoms. The van der Waals surface area contributed by atoms with E-state index in [9.17, 15) is 10.0 Å². The molecule has 0 amide bonds. The van der Waals surface area contributed by atoms with E-state index in [2.05, 4.69) is 41.6 Å². The van der Waals surface area contributed by atoms with Gasteiger partial charge in [0, 0.05) is 11.6 Å². The van der Waals surface area contributed by atoms with E-state index >= 15 is 0 Å². The van der Waals surface area contributed by atoms with E-state index in [0.717, 1.165) is 0 Å². The SMILES string of the molecule is O=C1c2no[n+]([O-])c2CCC1(Br)Br. The van der Waals surface area contributed by atoms with Gasteiger partial charge in [-0.3, -0.25) is 9.42 Å². The van der Waals surface area contributed by atoms with Crippen molar-refractivity contribution in [3.05, 3.63) is 16.6 Å². The number of rotatable bonds is 0. The number of hydrogen-bond acceptors (Lipinski definition) is 4. The van der Waals surface area contributed by atoms with Crippen LogP contribution in [0, 0.1) is 5.21 Å². The van der Waals surface area contributed by atoms with Crippen molar-refractivity contribution in [2.75, 3.05) is 0 Å². The first-order chi connectivity index (χ1) is 6.02. The zero-order chi connectivity index (χ0) is 9.64. The lowest BCUT2D eigenvalue weighted by atomic mass is 10.00. The smallest absolute Gasteiger partial charge is 0.289 e. The molecule has 1 aromatic heterocycles. The second-order valence-corrected chi connectivity index (χ2v) is 6.53. The number of carbonyl (C=O) groups is 1. The van der Waals surface area contributed by atoms with Crippen LogP contribution >= 0.6 is 31.9 Å². The zero-order valence-electron chi connectivity index (χ0n) is 6.29. The molecule has 1 aromatic rings. The van der Waals surface area contributed by atoms with Gasteiger partial charge in [-0.1, -0.05) is 31.9 Å². The van der Waals surface area contributed by atoms with E-state index in [-0.39, 0.29) is 16.4 Å². The maximum Gasteiger partial charge on any atom is 0.289 e. The molecule has 0 saturated heterocycles. The van der Waals surface area contributed by atoms with Gasteiger partial charge in [0.25, 0.3) is 5.69 Å². The molecule has 1 aliphatic carbocycles. The van der Waals surface area contributed by atoms with E-state index in [4.69, 9.17) is 0 Å². The standard InChI is InChI=1S/C6H4Br2N2O3/c7-6(8)2-1-3-4(5(6)11)9-13-10(3)12/h1-2H2. The van der Waals surface area contributed by atoms with Crippen LogP contribution in [0.25, 0.3) is 0 Å². The van der Waals surface area contributed by atoms with Gasteiger partial charge < -0.3 is 5.21 Å². The molecule has 0 radical (unpaired) electrons. The van der Waals surface area contributed by atoms with E-state index in [1.807, 2.05) is 0 Å². The summed E-state index contributed by atoms with van der Waals surface area (Å²) in [6, 6.07) is 0. The van der Waals surface area contributed by atoms with Crippen molar-refractivity contribution in [1.29, 1.82) is 0 Å². The van der Waals surface area contributed by atoms with Crippen LogP contribution in [0.15, 0.2) is 4.63 Å². The van der Waals surface area contributed by atoms with Crippen molar-refractivity contribution in [2.24, 2.45) is 0 Å². The summed E-state index contributed by atoms with van der Waals surface area (Å²) in [5.41, 5.74) is 0.412. The topological polar surface area (TPSA) is 70.0 Å². The third-order valence-corrected chi connectivity index (χ3v) is 3.44. The number of carbonyl (C=O) groups excluding carboxylic acids is 1. The predicted octanol–water partition coefficient (Wildman–Crippen LogP) is 0.923. The van der Waals surface area contributed by atoms with Gasteiger partial charge in [0.15, 0.2) is 0 Å². The lowest BCUT2D eigenvalue weighted by molar-refractivity contribution is -0.808. The molecule has 7 heteroatoms. The molecule has 0 unspecified atom stereocenters. The Morgan fingerprint density at radius 1 is 1.62 bits per heavy atom. The lowest BCUT2D eigenvalue weighted by Gasteiger charge is -2.19. The van der Waals surface area contributed by atoms with Gasteiger partial charge in [-0.05, 0) is 11.3 Å². The molecule has 0 atom stereocenters. The highest BCUT2D eigenvalue weighted by Crippen LogP contribution is 2.38. The molecule has 0 fully saturated rings. The number of Topliss-reactive ketones (excluding diaryl/α,β-unsaturated/α-hetero) is 1. The minimum absolute atomic E-state index is 0.106. The Kier molecular flexibility index (Phi) is 1.95. The van der Waals surface area contributed by atoms with E-state index in [1.165, 1.54) is 0 Å². The van der Waals surface area contributed by atoms with Gasteiger partial charge >= 0.3 is 0 Å². The average Bonchev–Trinajstić information content (AvgIpc) is 2.41. The molecular weight excluding hydrogens is 308 g/mol. The van der Waals surface area contributed by atoms with Gasteiger partial charge in [0.1, 0.15) is 3.23 Å². The largest absolute Gasteiger partial charge is 0.359 e.